The van der Waals surface area contributed by atoms with Gasteiger partial charge >= 0.3 is 0 Å². The number of sulfonamides is 1. The number of hydrogen-bond donors (Lipinski definition) is 1. The Morgan fingerprint density at radius 2 is 2.00 bits per heavy atom. The molecule has 2 aliphatic rings. The first-order valence-corrected chi connectivity index (χ1v) is 12.2. The molecule has 8 nitrogen and oxygen atoms in total. The van der Waals surface area contributed by atoms with Gasteiger partial charge in [-0.2, -0.15) is 4.31 Å². The van der Waals surface area contributed by atoms with Crippen LogP contribution in [0.5, 0.6) is 0 Å². The maximum atomic E-state index is 13.1. The summed E-state index contributed by atoms with van der Waals surface area (Å²) in [5.74, 6) is 0.935. The summed E-state index contributed by atoms with van der Waals surface area (Å²) in [6, 6.07) is 7.10. The first-order valence-electron chi connectivity index (χ1n) is 10.8. The van der Waals surface area contributed by atoms with Crippen molar-refractivity contribution in [2.45, 2.75) is 44.0 Å². The Morgan fingerprint density at radius 1 is 1.16 bits per heavy atom. The van der Waals surface area contributed by atoms with Crippen LogP contribution in [-0.2, 0) is 14.8 Å². The smallest absolute Gasteiger partial charge is 0.244 e. The average molecular weight is 444 g/mol. The first kappa shape index (κ1) is 21.7. The van der Waals surface area contributed by atoms with Gasteiger partial charge in [0.25, 0.3) is 0 Å². The number of anilines is 2. The minimum Gasteiger partial charge on any atom is -0.352 e. The van der Waals surface area contributed by atoms with E-state index in [0.29, 0.717) is 18.8 Å². The highest BCUT2D eigenvalue weighted by atomic mass is 32.2. The molecule has 4 rings (SSSR count). The molecular weight excluding hydrogens is 414 g/mol. The van der Waals surface area contributed by atoms with Gasteiger partial charge in [0.15, 0.2) is 0 Å². The van der Waals surface area contributed by atoms with E-state index >= 15 is 0 Å². The zero-order valence-electron chi connectivity index (χ0n) is 17.9. The minimum atomic E-state index is -3.57. The molecule has 2 aromatic rings. The summed E-state index contributed by atoms with van der Waals surface area (Å²) < 4.78 is 27.8. The van der Waals surface area contributed by atoms with Crippen molar-refractivity contribution in [1.29, 1.82) is 0 Å². The van der Waals surface area contributed by atoms with Crippen molar-refractivity contribution in [2.24, 2.45) is 11.8 Å². The third-order valence-electron chi connectivity index (χ3n) is 6.10. The molecule has 0 radical (unpaired) electrons. The molecule has 31 heavy (non-hydrogen) atoms. The lowest BCUT2D eigenvalue weighted by Gasteiger charge is -2.31. The molecule has 0 unspecified atom stereocenters. The van der Waals surface area contributed by atoms with E-state index in [1.165, 1.54) is 6.20 Å². The molecule has 0 saturated carbocycles. The molecule has 0 aromatic carbocycles. The Morgan fingerprint density at radius 3 is 2.68 bits per heavy atom. The van der Waals surface area contributed by atoms with Gasteiger partial charge in [-0.15, -0.1) is 0 Å². The number of rotatable bonds is 5. The van der Waals surface area contributed by atoms with Crippen LogP contribution >= 0.6 is 0 Å². The Hall–Kier alpha value is -2.52. The van der Waals surface area contributed by atoms with Crippen molar-refractivity contribution in [3.8, 4) is 0 Å². The van der Waals surface area contributed by atoms with Gasteiger partial charge in [0, 0.05) is 44.0 Å². The van der Waals surface area contributed by atoms with E-state index in [9.17, 15) is 13.2 Å². The summed E-state index contributed by atoms with van der Waals surface area (Å²) in [4.78, 5) is 23.0. The maximum absolute atomic E-state index is 13.1. The van der Waals surface area contributed by atoms with Gasteiger partial charge in [0.1, 0.15) is 10.7 Å². The van der Waals surface area contributed by atoms with Gasteiger partial charge in [-0.1, -0.05) is 20.3 Å². The van der Waals surface area contributed by atoms with E-state index in [1.54, 1.807) is 28.8 Å². The molecule has 9 heteroatoms. The van der Waals surface area contributed by atoms with Crippen molar-refractivity contribution >= 4 is 27.4 Å². The number of amides is 1. The number of nitrogens with zero attached hydrogens (tertiary/aromatic N) is 4. The summed E-state index contributed by atoms with van der Waals surface area (Å²) in [6.45, 7) is 5.49. The van der Waals surface area contributed by atoms with Crippen LogP contribution in [0.1, 0.15) is 33.1 Å². The average Bonchev–Trinajstić information content (AvgIpc) is 3.10. The van der Waals surface area contributed by atoms with Crippen LogP contribution in [-0.4, -0.2) is 54.3 Å². The molecule has 0 spiro atoms. The number of carbonyl (C=O) groups excluding carboxylic acids is 1. The van der Waals surface area contributed by atoms with Crippen molar-refractivity contribution in [3.63, 3.8) is 0 Å². The van der Waals surface area contributed by atoms with Crippen molar-refractivity contribution in [3.05, 3.63) is 42.9 Å². The fraction of sp³-hybridized carbons (Fsp3) is 0.500. The fourth-order valence-corrected chi connectivity index (χ4v) is 5.83. The number of fused-ring (bicyclic) bond motifs is 1. The number of pyridine rings is 2. The fourth-order valence-electron chi connectivity index (χ4n) is 4.35. The van der Waals surface area contributed by atoms with Gasteiger partial charge < -0.3 is 10.2 Å². The van der Waals surface area contributed by atoms with E-state index in [0.717, 1.165) is 31.6 Å². The topological polar surface area (TPSA) is 95.5 Å². The highest BCUT2D eigenvalue weighted by molar-refractivity contribution is 7.89. The predicted molar refractivity (Wildman–Crippen MR) is 119 cm³/mol. The zero-order chi connectivity index (χ0) is 22.0. The van der Waals surface area contributed by atoms with E-state index in [-0.39, 0.29) is 28.7 Å². The summed E-state index contributed by atoms with van der Waals surface area (Å²) in [7, 11) is -3.57. The van der Waals surface area contributed by atoms with Crippen LogP contribution in [0.4, 0.5) is 11.5 Å². The minimum absolute atomic E-state index is 0.0450. The molecule has 166 valence electrons. The monoisotopic (exact) mass is 443 g/mol. The van der Waals surface area contributed by atoms with Crippen LogP contribution in [0.15, 0.2) is 47.8 Å². The number of carbonyl (C=O) groups is 1. The summed E-state index contributed by atoms with van der Waals surface area (Å²) in [6.07, 6.45) is 7.79. The van der Waals surface area contributed by atoms with Gasteiger partial charge in [-0.25, -0.2) is 13.4 Å². The normalized spacial score (nSPS) is 22.2. The Kier molecular flexibility index (Phi) is 6.24. The Bertz CT molecular complexity index is 1010. The lowest BCUT2D eigenvalue weighted by atomic mass is 9.98. The van der Waals surface area contributed by atoms with Crippen LogP contribution in [0.2, 0.25) is 0 Å². The van der Waals surface area contributed by atoms with Gasteiger partial charge in [-0.05, 0) is 43.0 Å². The van der Waals surface area contributed by atoms with E-state index < -0.39 is 10.0 Å². The molecule has 2 aliphatic heterocycles. The number of hydrogen-bond acceptors (Lipinski definition) is 6. The molecule has 2 atom stereocenters. The van der Waals surface area contributed by atoms with Crippen LogP contribution in [0.3, 0.4) is 0 Å². The molecule has 1 amide bonds. The van der Waals surface area contributed by atoms with Crippen LogP contribution in [0.25, 0.3) is 0 Å². The van der Waals surface area contributed by atoms with E-state index in [1.807, 2.05) is 26.0 Å². The van der Waals surface area contributed by atoms with E-state index in [2.05, 4.69) is 20.2 Å². The number of aromatic nitrogens is 2. The third kappa shape index (κ3) is 4.57. The van der Waals surface area contributed by atoms with Gasteiger partial charge in [0.05, 0.1) is 11.9 Å². The second-order valence-electron chi connectivity index (χ2n) is 8.58. The number of nitrogens with one attached hydrogen (secondary N) is 1. The van der Waals surface area contributed by atoms with Crippen molar-refractivity contribution < 1.29 is 13.2 Å². The second kappa shape index (κ2) is 8.92. The summed E-state index contributed by atoms with van der Waals surface area (Å²) in [5.41, 5.74) is 0.668. The standard InChI is InChI=1S/C22H29N5O3S/c1-16(2)22(28)25-18-8-9-21(24-12-18)27-11-4-3-6-17-14-26(15-20(17)27)31(29,30)19-7-5-10-23-13-19/h5,7-10,12-13,16-17,20H,3-4,6,11,14-15H2,1-2H3,(H,25,28)/t17-,20+/m1/s1. The van der Waals surface area contributed by atoms with Crippen molar-refractivity contribution in [2.75, 3.05) is 29.9 Å². The highest BCUT2D eigenvalue weighted by Gasteiger charge is 2.43. The summed E-state index contributed by atoms with van der Waals surface area (Å²) >= 11 is 0. The predicted octanol–water partition coefficient (Wildman–Crippen LogP) is 2.75. The van der Waals surface area contributed by atoms with Gasteiger partial charge in [-0.3, -0.25) is 9.78 Å². The molecule has 4 heterocycles. The van der Waals surface area contributed by atoms with Crippen molar-refractivity contribution in [1.82, 2.24) is 14.3 Å². The molecule has 2 aromatic heterocycles. The highest BCUT2D eigenvalue weighted by Crippen LogP contribution is 2.35. The maximum Gasteiger partial charge on any atom is 0.244 e. The quantitative estimate of drug-likeness (QED) is 0.763. The molecule has 0 bridgehead atoms. The lowest BCUT2D eigenvalue weighted by Crippen LogP contribution is -2.41. The largest absolute Gasteiger partial charge is 0.352 e. The van der Waals surface area contributed by atoms with Gasteiger partial charge in [0.2, 0.25) is 15.9 Å². The first-order chi connectivity index (χ1) is 14.9. The van der Waals surface area contributed by atoms with Crippen LogP contribution < -0.4 is 10.2 Å². The molecule has 2 saturated heterocycles. The second-order valence-corrected chi connectivity index (χ2v) is 10.5. The van der Waals surface area contributed by atoms with E-state index in [4.69, 9.17) is 0 Å². The Labute approximate surface area is 183 Å². The zero-order valence-corrected chi connectivity index (χ0v) is 18.8. The molecule has 1 N–H and O–H groups in total. The third-order valence-corrected chi connectivity index (χ3v) is 7.92. The molecule has 0 aliphatic carbocycles. The lowest BCUT2D eigenvalue weighted by molar-refractivity contribution is -0.118. The molecular formula is C22H29N5O3S. The molecule has 2 fully saturated rings. The van der Waals surface area contributed by atoms with Crippen LogP contribution in [0, 0.1) is 11.8 Å². The Balaban J connectivity index is 1.54. The SMILES string of the molecule is CC(C)C(=O)Nc1ccc(N2CCCC[C@@H]3CN(S(=O)(=O)c4cccnc4)C[C@@H]32)nc1. The summed E-state index contributed by atoms with van der Waals surface area (Å²) in [5, 5.41) is 2.86.